The summed E-state index contributed by atoms with van der Waals surface area (Å²) in [7, 11) is 0. The molecule has 0 radical (unpaired) electrons. The highest BCUT2D eigenvalue weighted by Gasteiger charge is 2.19. The first-order valence-corrected chi connectivity index (χ1v) is 14.6. The summed E-state index contributed by atoms with van der Waals surface area (Å²) in [5.74, 6) is 0. The van der Waals surface area contributed by atoms with Crippen LogP contribution in [0.5, 0.6) is 0 Å². The molecule has 0 spiro atoms. The topological polar surface area (TPSA) is 70.3 Å². The van der Waals surface area contributed by atoms with Gasteiger partial charge in [-0.05, 0) is 72.1 Å². The van der Waals surface area contributed by atoms with Crippen molar-refractivity contribution in [2.75, 3.05) is 0 Å². The number of hydrogen-bond donors (Lipinski definition) is 0. The molecule has 5 heteroatoms. The molecule has 0 aliphatic rings. The summed E-state index contributed by atoms with van der Waals surface area (Å²) in [6.07, 6.45) is 4.47. The molecule has 5 nitrogen and oxygen atoms in total. The van der Waals surface area contributed by atoms with E-state index in [9.17, 15) is 10.5 Å². The Morgan fingerprint density at radius 3 is 2.07 bits per heavy atom. The van der Waals surface area contributed by atoms with Crippen molar-refractivity contribution in [3.63, 3.8) is 0 Å². The number of aromatic nitrogens is 3. The SMILES string of the molecule is N#Cc1cc(C#N)cc(-c2cncc(CCn3c4ccccc4c4ccc5c(c6ccccc6n5-c5ccccc5)c43)c2)c1. The van der Waals surface area contributed by atoms with E-state index in [0.29, 0.717) is 11.1 Å². The van der Waals surface area contributed by atoms with Crippen molar-refractivity contribution < 1.29 is 0 Å². The Labute approximate surface area is 254 Å². The monoisotopic (exact) mass is 563 g/mol. The Hall–Kier alpha value is -6.17. The number of aryl methyl sites for hydroxylation is 2. The first-order valence-electron chi connectivity index (χ1n) is 14.6. The molecule has 0 aliphatic carbocycles. The quantitative estimate of drug-likeness (QED) is 0.210. The van der Waals surface area contributed by atoms with Crippen molar-refractivity contribution in [3.05, 3.63) is 144 Å². The minimum Gasteiger partial charge on any atom is -0.340 e. The van der Waals surface area contributed by atoms with Crippen LogP contribution in [-0.4, -0.2) is 14.1 Å². The second kappa shape index (κ2) is 10.3. The standard InChI is InChI=1S/C39H25N5/c40-22-27-18-28(23-41)21-29(20-27)30-19-26(24-42-25-30)16-17-43-35-12-6-4-10-32(35)33-14-15-37-38(39(33)43)34-11-5-7-13-36(34)44(37)31-8-2-1-3-9-31/h1-15,18-21,24-25H,16-17H2. The van der Waals surface area contributed by atoms with Gasteiger partial charge in [-0.15, -0.1) is 0 Å². The van der Waals surface area contributed by atoms with Crippen molar-refractivity contribution >= 4 is 43.6 Å². The molecule has 44 heavy (non-hydrogen) atoms. The average molecular weight is 564 g/mol. The molecule has 0 unspecified atom stereocenters. The molecule has 0 saturated carbocycles. The summed E-state index contributed by atoms with van der Waals surface area (Å²) >= 11 is 0. The number of nitriles is 2. The van der Waals surface area contributed by atoms with E-state index in [2.05, 4.69) is 123 Å². The van der Waals surface area contributed by atoms with Crippen LogP contribution < -0.4 is 0 Å². The van der Waals surface area contributed by atoms with E-state index in [-0.39, 0.29) is 0 Å². The number of pyridine rings is 1. The summed E-state index contributed by atoms with van der Waals surface area (Å²) in [5, 5.41) is 23.9. The Morgan fingerprint density at radius 1 is 0.591 bits per heavy atom. The second-order valence-corrected chi connectivity index (χ2v) is 11.1. The summed E-state index contributed by atoms with van der Waals surface area (Å²) in [6.45, 7) is 0.765. The normalized spacial score (nSPS) is 11.3. The molecule has 3 aromatic heterocycles. The van der Waals surface area contributed by atoms with Gasteiger partial charge in [0.1, 0.15) is 0 Å². The molecule has 0 bridgehead atoms. The van der Waals surface area contributed by atoms with E-state index >= 15 is 0 Å². The van der Waals surface area contributed by atoms with E-state index in [1.165, 1.54) is 43.6 Å². The molecule has 0 fully saturated rings. The zero-order valence-electron chi connectivity index (χ0n) is 23.8. The third-order valence-electron chi connectivity index (χ3n) is 8.52. The van der Waals surface area contributed by atoms with Gasteiger partial charge in [-0.3, -0.25) is 4.98 Å². The zero-order chi connectivity index (χ0) is 29.6. The van der Waals surface area contributed by atoms with Gasteiger partial charge in [0.15, 0.2) is 0 Å². The maximum atomic E-state index is 9.47. The molecule has 5 aromatic carbocycles. The molecular weight excluding hydrogens is 538 g/mol. The van der Waals surface area contributed by atoms with Gasteiger partial charge in [-0.2, -0.15) is 10.5 Å². The number of fused-ring (bicyclic) bond motifs is 7. The lowest BCUT2D eigenvalue weighted by Gasteiger charge is -2.11. The Bertz CT molecular complexity index is 2440. The van der Waals surface area contributed by atoms with Crippen molar-refractivity contribution in [3.8, 4) is 29.0 Å². The molecule has 0 aliphatic heterocycles. The molecule has 8 rings (SSSR count). The van der Waals surface area contributed by atoms with Gasteiger partial charge in [0, 0.05) is 57.3 Å². The third-order valence-corrected chi connectivity index (χ3v) is 8.52. The van der Waals surface area contributed by atoms with Crippen LogP contribution in [0.3, 0.4) is 0 Å². The van der Waals surface area contributed by atoms with Gasteiger partial charge in [-0.25, -0.2) is 0 Å². The van der Waals surface area contributed by atoms with Crippen LogP contribution >= 0.6 is 0 Å². The van der Waals surface area contributed by atoms with Crippen LogP contribution in [0, 0.1) is 22.7 Å². The Morgan fingerprint density at radius 2 is 1.30 bits per heavy atom. The molecule has 3 heterocycles. The smallest absolute Gasteiger partial charge is 0.0992 e. The lowest BCUT2D eigenvalue weighted by Crippen LogP contribution is -2.02. The molecular formula is C39H25N5. The lowest BCUT2D eigenvalue weighted by molar-refractivity contribution is 0.744. The maximum Gasteiger partial charge on any atom is 0.0992 e. The van der Waals surface area contributed by atoms with E-state index in [0.717, 1.165) is 35.3 Å². The lowest BCUT2D eigenvalue weighted by atomic mass is 10.0. The van der Waals surface area contributed by atoms with Gasteiger partial charge in [0.05, 0.1) is 39.8 Å². The largest absolute Gasteiger partial charge is 0.340 e. The minimum absolute atomic E-state index is 0.466. The first kappa shape index (κ1) is 25.5. The number of rotatable bonds is 5. The maximum absolute atomic E-state index is 9.47. The first-order chi connectivity index (χ1) is 21.7. The van der Waals surface area contributed by atoms with Crippen LogP contribution in [0.4, 0.5) is 0 Å². The predicted octanol–water partition coefficient (Wildman–Crippen LogP) is 8.94. The highest BCUT2D eigenvalue weighted by molar-refractivity contribution is 6.25. The van der Waals surface area contributed by atoms with Gasteiger partial charge in [-0.1, -0.05) is 60.7 Å². The molecule has 206 valence electrons. The van der Waals surface area contributed by atoms with E-state index < -0.39 is 0 Å². The van der Waals surface area contributed by atoms with Crippen LogP contribution in [0.2, 0.25) is 0 Å². The average Bonchev–Trinajstić information content (AvgIpc) is 3.60. The summed E-state index contributed by atoms with van der Waals surface area (Å²) in [6, 6.07) is 44.1. The highest BCUT2D eigenvalue weighted by Crippen LogP contribution is 2.40. The third kappa shape index (κ3) is 4.03. The Kier molecular flexibility index (Phi) is 5.96. The Balaban J connectivity index is 1.30. The highest BCUT2D eigenvalue weighted by atomic mass is 15.0. The fourth-order valence-corrected chi connectivity index (χ4v) is 6.63. The fourth-order valence-electron chi connectivity index (χ4n) is 6.63. The zero-order valence-corrected chi connectivity index (χ0v) is 23.8. The molecule has 0 amide bonds. The van der Waals surface area contributed by atoms with E-state index in [1.807, 2.05) is 18.3 Å². The number of nitrogens with zero attached hydrogens (tertiary/aromatic N) is 5. The number of benzene rings is 5. The summed E-state index contributed by atoms with van der Waals surface area (Å²) in [4.78, 5) is 4.55. The second-order valence-electron chi connectivity index (χ2n) is 11.1. The van der Waals surface area contributed by atoms with Crippen molar-refractivity contribution in [2.24, 2.45) is 0 Å². The van der Waals surface area contributed by atoms with Crippen molar-refractivity contribution in [1.82, 2.24) is 14.1 Å². The minimum atomic E-state index is 0.466. The van der Waals surface area contributed by atoms with E-state index in [1.54, 1.807) is 12.3 Å². The van der Waals surface area contributed by atoms with Gasteiger partial charge in [0.2, 0.25) is 0 Å². The van der Waals surface area contributed by atoms with Crippen LogP contribution in [0.1, 0.15) is 16.7 Å². The van der Waals surface area contributed by atoms with Crippen molar-refractivity contribution in [1.29, 1.82) is 10.5 Å². The van der Waals surface area contributed by atoms with Crippen LogP contribution in [-0.2, 0) is 13.0 Å². The molecule has 0 N–H and O–H groups in total. The van der Waals surface area contributed by atoms with Crippen molar-refractivity contribution in [2.45, 2.75) is 13.0 Å². The molecule has 0 saturated heterocycles. The number of hydrogen-bond acceptors (Lipinski definition) is 3. The van der Waals surface area contributed by atoms with Crippen LogP contribution in [0.15, 0.2) is 128 Å². The fraction of sp³-hybridized carbons (Fsp3) is 0.0513. The van der Waals surface area contributed by atoms with E-state index in [4.69, 9.17) is 0 Å². The summed E-state index contributed by atoms with van der Waals surface area (Å²) < 4.78 is 4.83. The van der Waals surface area contributed by atoms with Gasteiger partial charge >= 0.3 is 0 Å². The van der Waals surface area contributed by atoms with Gasteiger partial charge in [0.25, 0.3) is 0 Å². The number of para-hydroxylation sites is 3. The van der Waals surface area contributed by atoms with Crippen LogP contribution in [0.25, 0.3) is 60.4 Å². The molecule has 0 atom stereocenters. The van der Waals surface area contributed by atoms with Gasteiger partial charge < -0.3 is 9.13 Å². The summed E-state index contributed by atoms with van der Waals surface area (Å²) in [5.41, 5.74) is 9.69. The molecule has 8 aromatic rings. The predicted molar refractivity (Wildman–Crippen MR) is 177 cm³/mol.